The fourth-order valence-electron chi connectivity index (χ4n) is 2.42. The van der Waals surface area contributed by atoms with Crippen LogP contribution in [0, 0.1) is 0 Å². The van der Waals surface area contributed by atoms with Crippen LogP contribution in [0.25, 0.3) is 6.08 Å². The molecule has 5 heteroatoms. The molecule has 3 amide bonds. The molecule has 2 aromatic rings. The number of urea groups is 1. The Labute approximate surface area is 145 Å². The highest BCUT2D eigenvalue weighted by Crippen LogP contribution is 2.27. The lowest BCUT2D eigenvalue weighted by molar-refractivity contribution is -0.122. The van der Waals surface area contributed by atoms with E-state index in [1.54, 1.807) is 17.8 Å². The van der Waals surface area contributed by atoms with Crippen molar-refractivity contribution in [1.82, 2.24) is 10.2 Å². The number of carbonyl (C=O) groups is 2. The molecule has 0 radical (unpaired) electrons. The zero-order chi connectivity index (χ0) is 16.9. The maximum absolute atomic E-state index is 12.2. The standard InChI is InChI=1S/C19H18N2O2S/c1-2-12-21-18(22)17(20-19(21)23)13-14-8-10-16(11-9-14)24-15-6-4-3-5-7-15/h3-11,13H,2,12H2,1H3,(H,20,23)/b17-13+. The predicted molar refractivity (Wildman–Crippen MR) is 95.5 cm³/mol. The molecule has 24 heavy (non-hydrogen) atoms. The summed E-state index contributed by atoms with van der Waals surface area (Å²) in [6, 6.07) is 17.7. The van der Waals surface area contributed by atoms with Crippen LogP contribution in [0.1, 0.15) is 18.9 Å². The number of nitrogens with zero attached hydrogens (tertiary/aromatic N) is 1. The molecule has 122 valence electrons. The third-order valence-electron chi connectivity index (χ3n) is 3.58. The van der Waals surface area contributed by atoms with E-state index in [-0.39, 0.29) is 11.9 Å². The van der Waals surface area contributed by atoms with Crippen molar-refractivity contribution in [3.8, 4) is 0 Å². The lowest BCUT2D eigenvalue weighted by atomic mass is 10.2. The zero-order valence-corrected chi connectivity index (χ0v) is 14.2. The fourth-order valence-corrected chi connectivity index (χ4v) is 3.26. The maximum atomic E-state index is 12.2. The van der Waals surface area contributed by atoms with Crippen molar-refractivity contribution in [3.05, 3.63) is 65.9 Å². The summed E-state index contributed by atoms with van der Waals surface area (Å²) in [7, 11) is 0. The average molecular weight is 338 g/mol. The van der Waals surface area contributed by atoms with Gasteiger partial charge in [0.1, 0.15) is 5.70 Å². The van der Waals surface area contributed by atoms with Crippen molar-refractivity contribution >= 4 is 29.8 Å². The molecule has 1 aliphatic heterocycles. The van der Waals surface area contributed by atoms with E-state index < -0.39 is 0 Å². The summed E-state index contributed by atoms with van der Waals surface area (Å²) in [5, 5.41) is 2.63. The molecule has 0 unspecified atom stereocenters. The van der Waals surface area contributed by atoms with E-state index in [9.17, 15) is 9.59 Å². The van der Waals surface area contributed by atoms with E-state index >= 15 is 0 Å². The molecule has 2 aromatic carbocycles. The quantitative estimate of drug-likeness (QED) is 0.658. The van der Waals surface area contributed by atoms with Gasteiger partial charge in [-0.25, -0.2) is 4.79 Å². The fraction of sp³-hybridized carbons (Fsp3) is 0.158. The van der Waals surface area contributed by atoms with E-state index in [0.29, 0.717) is 12.2 Å². The van der Waals surface area contributed by atoms with Crippen LogP contribution in [0.5, 0.6) is 0 Å². The third-order valence-corrected chi connectivity index (χ3v) is 4.60. The first-order valence-electron chi connectivity index (χ1n) is 7.85. The topological polar surface area (TPSA) is 49.4 Å². The Kier molecular flexibility index (Phi) is 5.01. The van der Waals surface area contributed by atoms with Crippen LogP contribution in [0.4, 0.5) is 4.79 Å². The minimum atomic E-state index is -0.343. The van der Waals surface area contributed by atoms with Gasteiger partial charge < -0.3 is 5.32 Å². The lowest BCUT2D eigenvalue weighted by Gasteiger charge is -2.08. The van der Waals surface area contributed by atoms with Gasteiger partial charge in [0.05, 0.1) is 0 Å². The van der Waals surface area contributed by atoms with E-state index in [2.05, 4.69) is 17.4 Å². The highest BCUT2D eigenvalue weighted by Gasteiger charge is 2.32. The monoisotopic (exact) mass is 338 g/mol. The molecule has 0 spiro atoms. The van der Waals surface area contributed by atoms with Crippen LogP contribution in [0.15, 0.2) is 70.1 Å². The van der Waals surface area contributed by atoms with Gasteiger partial charge in [-0.3, -0.25) is 9.69 Å². The van der Waals surface area contributed by atoms with Gasteiger partial charge in [-0.05, 0) is 42.3 Å². The summed E-state index contributed by atoms with van der Waals surface area (Å²) < 4.78 is 0. The van der Waals surface area contributed by atoms with Gasteiger partial charge >= 0.3 is 6.03 Å². The summed E-state index contributed by atoms with van der Waals surface area (Å²) in [4.78, 5) is 27.5. The highest BCUT2D eigenvalue weighted by atomic mass is 32.2. The van der Waals surface area contributed by atoms with Crippen molar-refractivity contribution in [3.63, 3.8) is 0 Å². The molecule has 4 nitrogen and oxygen atoms in total. The summed E-state index contributed by atoms with van der Waals surface area (Å²) in [5.41, 5.74) is 1.21. The number of amides is 3. The normalized spacial score (nSPS) is 15.9. The number of rotatable bonds is 5. The number of benzene rings is 2. The molecule has 0 aliphatic carbocycles. The second kappa shape index (κ2) is 7.36. The van der Waals surface area contributed by atoms with Gasteiger partial charge in [0.2, 0.25) is 0 Å². The lowest BCUT2D eigenvalue weighted by Crippen LogP contribution is -2.31. The molecule has 1 N–H and O–H groups in total. The first-order chi connectivity index (χ1) is 11.7. The van der Waals surface area contributed by atoms with Crippen LogP contribution in [0.3, 0.4) is 0 Å². The van der Waals surface area contributed by atoms with Gasteiger partial charge in [-0.1, -0.05) is 49.0 Å². The van der Waals surface area contributed by atoms with Gasteiger partial charge in [-0.2, -0.15) is 0 Å². The third kappa shape index (κ3) is 3.68. The second-order valence-corrected chi connectivity index (χ2v) is 6.58. The van der Waals surface area contributed by atoms with Crippen LogP contribution in [-0.2, 0) is 4.79 Å². The van der Waals surface area contributed by atoms with Crippen molar-refractivity contribution in [1.29, 1.82) is 0 Å². The summed E-state index contributed by atoms with van der Waals surface area (Å²) in [6.07, 6.45) is 2.46. The molecule has 1 saturated heterocycles. The largest absolute Gasteiger partial charge is 0.329 e. The first-order valence-corrected chi connectivity index (χ1v) is 8.66. The van der Waals surface area contributed by atoms with Crippen molar-refractivity contribution in [2.45, 2.75) is 23.1 Å². The second-order valence-electron chi connectivity index (χ2n) is 5.43. The van der Waals surface area contributed by atoms with Gasteiger partial charge in [0.25, 0.3) is 5.91 Å². The molecular formula is C19H18N2O2S. The van der Waals surface area contributed by atoms with Crippen LogP contribution in [-0.4, -0.2) is 23.4 Å². The predicted octanol–water partition coefficient (Wildman–Crippen LogP) is 4.14. The molecule has 0 atom stereocenters. The number of hydrogen-bond acceptors (Lipinski definition) is 3. The Morgan fingerprint density at radius 2 is 1.67 bits per heavy atom. The van der Waals surface area contributed by atoms with Crippen LogP contribution >= 0.6 is 11.8 Å². The Bertz CT molecular complexity index is 770. The molecular weight excluding hydrogens is 320 g/mol. The SMILES string of the molecule is CCCN1C(=O)N/C(=C/c2ccc(Sc3ccccc3)cc2)C1=O. The summed E-state index contributed by atoms with van der Waals surface area (Å²) >= 11 is 1.68. The number of imide groups is 1. The Balaban J connectivity index is 1.72. The molecule has 0 saturated carbocycles. The number of carbonyl (C=O) groups excluding carboxylic acids is 2. The van der Waals surface area contributed by atoms with Crippen molar-refractivity contribution < 1.29 is 9.59 Å². The van der Waals surface area contributed by atoms with Crippen LogP contribution < -0.4 is 5.32 Å². The molecule has 0 aromatic heterocycles. The number of nitrogens with one attached hydrogen (secondary N) is 1. The molecule has 1 fully saturated rings. The summed E-state index contributed by atoms with van der Waals surface area (Å²) in [6.45, 7) is 2.38. The molecule has 3 rings (SSSR count). The van der Waals surface area contributed by atoms with Crippen molar-refractivity contribution in [2.75, 3.05) is 6.54 Å². The number of hydrogen-bond donors (Lipinski definition) is 1. The van der Waals surface area contributed by atoms with E-state index in [1.807, 2.05) is 49.4 Å². The molecule has 1 aliphatic rings. The van der Waals surface area contributed by atoms with Gasteiger partial charge in [-0.15, -0.1) is 0 Å². The van der Waals surface area contributed by atoms with E-state index in [1.165, 1.54) is 9.80 Å². The van der Waals surface area contributed by atoms with Crippen molar-refractivity contribution in [2.24, 2.45) is 0 Å². The Morgan fingerprint density at radius 3 is 2.33 bits per heavy atom. The first kappa shape index (κ1) is 16.3. The minimum Gasteiger partial charge on any atom is -0.303 e. The van der Waals surface area contributed by atoms with E-state index in [0.717, 1.165) is 16.9 Å². The van der Waals surface area contributed by atoms with Gasteiger partial charge in [0, 0.05) is 16.3 Å². The summed E-state index contributed by atoms with van der Waals surface area (Å²) in [5.74, 6) is -0.260. The highest BCUT2D eigenvalue weighted by molar-refractivity contribution is 7.99. The Morgan fingerprint density at radius 1 is 1.00 bits per heavy atom. The minimum absolute atomic E-state index is 0.260. The molecule has 1 heterocycles. The average Bonchev–Trinajstić information content (AvgIpc) is 2.85. The Hall–Kier alpha value is -2.53. The zero-order valence-electron chi connectivity index (χ0n) is 13.4. The van der Waals surface area contributed by atoms with Crippen LogP contribution in [0.2, 0.25) is 0 Å². The van der Waals surface area contributed by atoms with E-state index in [4.69, 9.17) is 0 Å². The smallest absolute Gasteiger partial charge is 0.303 e. The maximum Gasteiger partial charge on any atom is 0.329 e. The van der Waals surface area contributed by atoms with Gasteiger partial charge in [0.15, 0.2) is 0 Å². The molecule has 0 bridgehead atoms.